The van der Waals surface area contributed by atoms with Crippen molar-refractivity contribution in [3.05, 3.63) is 63.7 Å². The number of hydrogen-bond donors (Lipinski definition) is 0. The average molecular weight is 458 g/mol. The Morgan fingerprint density at radius 2 is 1.69 bits per heavy atom. The van der Waals surface area contributed by atoms with E-state index in [0.717, 1.165) is 64.5 Å². The zero-order chi connectivity index (χ0) is 23.1. The first kappa shape index (κ1) is 24.6. The summed E-state index contributed by atoms with van der Waals surface area (Å²) in [6, 6.07) is 11.5. The Bertz CT molecular complexity index is 891. The Hall–Kier alpha value is -2.08. The maximum atomic E-state index is 12.7. The number of ether oxygens (including phenoxy) is 1. The van der Waals surface area contributed by atoms with Gasteiger partial charge in [0, 0.05) is 49.9 Å². The van der Waals surface area contributed by atoms with Crippen molar-refractivity contribution < 1.29 is 9.53 Å². The van der Waals surface area contributed by atoms with Crippen LogP contribution in [0.2, 0.25) is 5.02 Å². The molecule has 1 saturated heterocycles. The van der Waals surface area contributed by atoms with Crippen LogP contribution in [0, 0.1) is 13.8 Å². The van der Waals surface area contributed by atoms with Crippen molar-refractivity contribution >= 4 is 17.5 Å². The Morgan fingerprint density at radius 1 is 1.00 bits per heavy atom. The highest BCUT2D eigenvalue weighted by molar-refractivity contribution is 6.30. The molecule has 5 nitrogen and oxygen atoms in total. The van der Waals surface area contributed by atoms with Crippen molar-refractivity contribution in [1.29, 1.82) is 0 Å². The number of nitrogens with zero attached hydrogens (tertiary/aromatic N) is 3. The molecule has 6 heteroatoms. The SMILES string of the molecule is Cc1c(CCN2CCN(C(=O)c3ccc(Cl)cc3)CC2)ccc(OCCCN(C)C)c1C. The van der Waals surface area contributed by atoms with Crippen molar-refractivity contribution in [3.63, 3.8) is 0 Å². The average Bonchev–Trinajstić information content (AvgIpc) is 2.79. The van der Waals surface area contributed by atoms with E-state index in [9.17, 15) is 4.79 Å². The molecule has 2 aromatic rings. The molecule has 174 valence electrons. The zero-order valence-corrected chi connectivity index (χ0v) is 20.6. The summed E-state index contributed by atoms with van der Waals surface area (Å²) in [6.07, 6.45) is 2.04. The van der Waals surface area contributed by atoms with Gasteiger partial charge in [0.2, 0.25) is 0 Å². The van der Waals surface area contributed by atoms with Crippen LogP contribution in [0.4, 0.5) is 0 Å². The highest BCUT2D eigenvalue weighted by Gasteiger charge is 2.22. The number of halogens is 1. The second kappa shape index (κ2) is 11.7. The first-order valence-corrected chi connectivity index (χ1v) is 11.9. The van der Waals surface area contributed by atoms with Gasteiger partial charge in [0.15, 0.2) is 0 Å². The van der Waals surface area contributed by atoms with E-state index < -0.39 is 0 Å². The second-order valence-electron chi connectivity index (χ2n) is 8.87. The van der Waals surface area contributed by atoms with Gasteiger partial charge in [-0.15, -0.1) is 0 Å². The largest absolute Gasteiger partial charge is 0.493 e. The van der Waals surface area contributed by atoms with Crippen LogP contribution >= 0.6 is 11.6 Å². The van der Waals surface area contributed by atoms with Crippen LogP contribution in [-0.4, -0.2) is 80.6 Å². The third-order valence-corrected chi connectivity index (χ3v) is 6.56. The minimum Gasteiger partial charge on any atom is -0.493 e. The monoisotopic (exact) mass is 457 g/mol. The van der Waals surface area contributed by atoms with Crippen LogP contribution in [0.3, 0.4) is 0 Å². The number of carbonyl (C=O) groups is 1. The quantitative estimate of drug-likeness (QED) is 0.526. The Kier molecular flexibility index (Phi) is 8.97. The molecule has 0 aromatic heterocycles. The van der Waals surface area contributed by atoms with Crippen LogP contribution in [0.25, 0.3) is 0 Å². The fourth-order valence-corrected chi connectivity index (χ4v) is 4.20. The van der Waals surface area contributed by atoms with Crippen molar-refractivity contribution in [2.24, 2.45) is 0 Å². The molecule has 0 radical (unpaired) electrons. The summed E-state index contributed by atoms with van der Waals surface area (Å²) in [6.45, 7) is 10.5. The van der Waals surface area contributed by atoms with Crippen molar-refractivity contribution in [3.8, 4) is 5.75 Å². The Morgan fingerprint density at radius 3 is 2.34 bits per heavy atom. The standard InChI is InChI=1S/C26H36ClN3O2/c1-20-21(2)25(32-19-5-13-28(3)4)11-8-22(20)12-14-29-15-17-30(18-16-29)26(31)23-6-9-24(27)10-7-23/h6-11H,5,12-19H2,1-4H3. The molecule has 0 N–H and O–H groups in total. The third-order valence-electron chi connectivity index (χ3n) is 6.30. The summed E-state index contributed by atoms with van der Waals surface area (Å²) < 4.78 is 6.01. The smallest absolute Gasteiger partial charge is 0.253 e. The van der Waals surface area contributed by atoms with E-state index >= 15 is 0 Å². The molecular weight excluding hydrogens is 422 g/mol. The Labute approximate surface area is 197 Å². The topological polar surface area (TPSA) is 36.0 Å². The summed E-state index contributed by atoms with van der Waals surface area (Å²) in [5, 5.41) is 0.654. The van der Waals surface area contributed by atoms with Gasteiger partial charge in [0.1, 0.15) is 5.75 Å². The van der Waals surface area contributed by atoms with E-state index in [0.29, 0.717) is 10.6 Å². The fraction of sp³-hybridized carbons (Fsp3) is 0.500. The molecule has 0 atom stereocenters. The number of rotatable bonds is 9. The maximum absolute atomic E-state index is 12.7. The fourth-order valence-electron chi connectivity index (χ4n) is 4.07. The third kappa shape index (κ3) is 6.71. The molecule has 2 aromatic carbocycles. The number of benzene rings is 2. The predicted molar refractivity (Wildman–Crippen MR) is 132 cm³/mol. The van der Waals surface area contributed by atoms with Crippen LogP contribution in [-0.2, 0) is 6.42 Å². The molecule has 0 spiro atoms. The zero-order valence-electron chi connectivity index (χ0n) is 19.9. The van der Waals surface area contributed by atoms with E-state index in [1.807, 2.05) is 4.90 Å². The molecule has 1 fully saturated rings. The number of piperazine rings is 1. The van der Waals surface area contributed by atoms with E-state index in [-0.39, 0.29) is 5.91 Å². The van der Waals surface area contributed by atoms with Gasteiger partial charge in [-0.2, -0.15) is 0 Å². The molecule has 3 rings (SSSR count). The molecule has 32 heavy (non-hydrogen) atoms. The minimum atomic E-state index is 0.0916. The highest BCUT2D eigenvalue weighted by Crippen LogP contribution is 2.25. The molecule has 1 aliphatic heterocycles. The lowest BCUT2D eigenvalue weighted by atomic mass is 9.99. The molecule has 0 saturated carbocycles. The number of amides is 1. The van der Waals surface area contributed by atoms with Crippen molar-refractivity contribution in [2.75, 3.05) is 60.0 Å². The van der Waals surface area contributed by atoms with Gasteiger partial charge in [-0.25, -0.2) is 0 Å². The van der Waals surface area contributed by atoms with Gasteiger partial charge >= 0.3 is 0 Å². The van der Waals surface area contributed by atoms with E-state index in [1.54, 1.807) is 24.3 Å². The summed E-state index contributed by atoms with van der Waals surface area (Å²) in [4.78, 5) is 19.3. The lowest BCUT2D eigenvalue weighted by Gasteiger charge is -2.35. The molecule has 1 heterocycles. The summed E-state index contributed by atoms with van der Waals surface area (Å²) >= 11 is 5.93. The summed E-state index contributed by atoms with van der Waals surface area (Å²) in [5.41, 5.74) is 4.65. The van der Waals surface area contributed by atoms with Crippen LogP contribution in [0.1, 0.15) is 33.5 Å². The van der Waals surface area contributed by atoms with Crippen molar-refractivity contribution in [2.45, 2.75) is 26.7 Å². The molecular formula is C26H36ClN3O2. The highest BCUT2D eigenvalue weighted by atomic mass is 35.5. The summed E-state index contributed by atoms with van der Waals surface area (Å²) in [7, 11) is 4.17. The lowest BCUT2D eigenvalue weighted by Crippen LogP contribution is -2.49. The Balaban J connectivity index is 1.46. The van der Waals surface area contributed by atoms with Gasteiger partial charge in [-0.3, -0.25) is 9.69 Å². The number of carbonyl (C=O) groups excluding carboxylic acids is 1. The van der Waals surface area contributed by atoms with E-state index in [4.69, 9.17) is 16.3 Å². The lowest BCUT2D eigenvalue weighted by molar-refractivity contribution is 0.0638. The van der Waals surface area contributed by atoms with Gasteiger partial charge < -0.3 is 14.5 Å². The van der Waals surface area contributed by atoms with E-state index in [2.05, 4.69) is 49.9 Å². The van der Waals surface area contributed by atoms with Gasteiger partial charge in [0.05, 0.1) is 6.61 Å². The van der Waals surface area contributed by atoms with Gasteiger partial charge in [-0.1, -0.05) is 17.7 Å². The van der Waals surface area contributed by atoms with E-state index in [1.165, 1.54) is 16.7 Å². The second-order valence-corrected chi connectivity index (χ2v) is 9.31. The first-order valence-electron chi connectivity index (χ1n) is 11.5. The summed E-state index contributed by atoms with van der Waals surface area (Å²) in [5.74, 6) is 1.09. The van der Waals surface area contributed by atoms with Crippen LogP contribution in [0.5, 0.6) is 5.75 Å². The molecule has 0 unspecified atom stereocenters. The molecule has 0 aliphatic carbocycles. The number of hydrogen-bond acceptors (Lipinski definition) is 4. The molecule has 0 bridgehead atoms. The predicted octanol–water partition coefficient (Wildman–Crippen LogP) is 4.29. The molecule has 1 aliphatic rings. The normalized spacial score (nSPS) is 14.8. The van der Waals surface area contributed by atoms with Gasteiger partial charge in [-0.05, 0) is 87.8 Å². The first-order chi connectivity index (χ1) is 15.3. The van der Waals surface area contributed by atoms with Crippen molar-refractivity contribution in [1.82, 2.24) is 14.7 Å². The van der Waals surface area contributed by atoms with Crippen LogP contribution in [0.15, 0.2) is 36.4 Å². The van der Waals surface area contributed by atoms with Gasteiger partial charge in [0.25, 0.3) is 5.91 Å². The molecule has 1 amide bonds. The minimum absolute atomic E-state index is 0.0916. The maximum Gasteiger partial charge on any atom is 0.253 e. The van der Waals surface area contributed by atoms with Crippen LogP contribution < -0.4 is 4.74 Å².